The fraction of sp³-hybridized carbons (Fsp3) is 0.476. The van der Waals surface area contributed by atoms with Crippen LogP contribution in [0, 0.1) is 5.92 Å². The highest BCUT2D eigenvalue weighted by atomic mass is 31.2. The molecular weight excluding hydrogens is 437 g/mol. The Bertz CT molecular complexity index is 1080. The number of nitrogens with one attached hydrogen (secondary N) is 2. The first-order valence-corrected chi connectivity index (χ1v) is 12.0. The molecule has 1 aliphatic heterocycles. The first-order chi connectivity index (χ1) is 15.2. The third-order valence-electron chi connectivity index (χ3n) is 4.92. The lowest BCUT2D eigenvalue weighted by Crippen LogP contribution is -2.33. The van der Waals surface area contributed by atoms with E-state index in [2.05, 4.69) is 10.1 Å². The summed E-state index contributed by atoms with van der Waals surface area (Å²) in [6.45, 7) is 5.08. The molecule has 0 amide bonds. The summed E-state index contributed by atoms with van der Waals surface area (Å²) in [4.78, 5) is 37.6. The Balaban J connectivity index is 1.69. The maximum absolute atomic E-state index is 13.6. The van der Waals surface area contributed by atoms with Gasteiger partial charge in [-0.1, -0.05) is 25.1 Å². The van der Waals surface area contributed by atoms with Crippen LogP contribution in [0.4, 0.5) is 0 Å². The summed E-state index contributed by atoms with van der Waals surface area (Å²) in [5.41, 5.74) is -1.04. The fourth-order valence-electron chi connectivity index (χ4n) is 3.49. The zero-order chi connectivity index (χ0) is 23.3. The highest BCUT2D eigenvalue weighted by Crippen LogP contribution is 2.43. The van der Waals surface area contributed by atoms with Gasteiger partial charge in [-0.05, 0) is 32.4 Å². The average Bonchev–Trinajstić information content (AvgIpc) is 3.11. The molecule has 1 fully saturated rings. The predicted octanol–water partition coefficient (Wildman–Crippen LogP) is 1.54. The molecule has 1 aliphatic rings. The van der Waals surface area contributed by atoms with Crippen molar-refractivity contribution in [3.8, 4) is 0 Å². The van der Waals surface area contributed by atoms with E-state index in [9.17, 15) is 18.9 Å². The van der Waals surface area contributed by atoms with E-state index >= 15 is 0 Å². The van der Waals surface area contributed by atoms with Crippen molar-refractivity contribution >= 4 is 18.8 Å². The maximum Gasteiger partial charge on any atom is 0.330 e. The normalized spacial score (nSPS) is 22.6. The second-order valence-electron chi connectivity index (χ2n) is 7.94. The summed E-state index contributed by atoms with van der Waals surface area (Å²) in [5.74, 6) is -0.583. The Kier molecular flexibility index (Phi) is 7.84. The van der Waals surface area contributed by atoms with Crippen molar-refractivity contribution in [2.45, 2.75) is 45.6 Å². The minimum Gasteiger partial charge on any atom is -0.462 e. The van der Waals surface area contributed by atoms with E-state index in [1.807, 2.05) is 6.92 Å². The zero-order valence-corrected chi connectivity index (χ0v) is 19.1. The molecule has 0 saturated carbocycles. The molecule has 174 valence electrons. The summed E-state index contributed by atoms with van der Waals surface area (Å²) in [6.07, 6.45) is 0.638. The molecule has 1 saturated heterocycles. The van der Waals surface area contributed by atoms with Crippen molar-refractivity contribution in [3.05, 3.63) is 63.4 Å². The van der Waals surface area contributed by atoms with Gasteiger partial charge in [0, 0.05) is 18.2 Å². The van der Waals surface area contributed by atoms with E-state index in [0.717, 1.165) is 0 Å². The number of hydrogen-bond donors (Lipinski definition) is 2. The van der Waals surface area contributed by atoms with Gasteiger partial charge in [0.2, 0.25) is 0 Å². The number of aromatic nitrogens is 2. The molecule has 3 unspecified atom stereocenters. The summed E-state index contributed by atoms with van der Waals surface area (Å²) in [6, 6.07) is 9.81. The summed E-state index contributed by atoms with van der Waals surface area (Å²) in [5, 5.41) is 3.13. The van der Waals surface area contributed by atoms with Gasteiger partial charge < -0.3 is 14.0 Å². The third-order valence-corrected chi connectivity index (χ3v) is 6.98. The average molecular weight is 465 g/mol. The lowest BCUT2D eigenvalue weighted by atomic mass is 10.1. The molecule has 0 radical (unpaired) electrons. The van der Waals surface area contributed by atoms with Gasteiger partial charge in [-0.2, -0.15) is 0 Å². The Hall–Kier alpha value is -2.52. The van der Waals surface area contributed by atoms with E-state index in [1.165, 1.54) is 16.8 Å². The molecule has 1 aromatic carbocycles. The Morgan fingerprint density at radius 1 is 1.28 bits per heavy atom. The Morgan fingerprint density at radius 2 is 2.00 bits per heavy atom. The molecule has 3 rings (SSSR count). The first kappa shape index (κ1) is 24.1. The lowest BCUT2D eigenvalue weighted by molar-refractivity contribution is -0.145. The molecule has 0 spiro atoms. The van der Waals surface area contributed by atoms with Gasteiger partial charge >= 0.3 is 11.7 Å². The van der Waals surface area contributed by atoms with Crippen molar-refractivity contribution in [3.63, 3.8) is 0 Å². The van der Waals surface area contributed by atoms with Crippen LogP contribution in [0.3, 0.4) is 0 Å². The van der Waals surface area contributed by atoms with Gasteiger partial charge in [0.15, 0.2) is 0 Å². The van der Waals surface area contributed by atoms with Crippen LogP contribution in [0.5, 0.6) is 0 Å². The number of H-pyrrole nitrogens is 1. The SMILES string of the molecule is CC(C)OC(=O)CN[P@](=O)(OCC1CC(C)C(n2ccc(=O)[nH]c2=O)O1)c1ccccc1. The molecule has 11 heteroatoms. The predicted molar refractivity (Wildman–Crippen MR) is 118 cm³/mol. The molecule has 2 N–H and O–H groups in total. The van der Waals surface area contributed by atoms with Gasteiger partial charge in [0.05, 0.1) is 24.1 Å². The minimum absolute atomic E-state index is 0.0165. The molecule has 0 aliphatic carbocycles. The number of aromatic amines is 1. The van der Waals surface area contributed by atoms with Crippen molar-refractivity contribution in [1.29, 1.82) is 0 Å². The van der Waals surface area contributed by atoms with E-state index in [0.29, 0.717) is 11.7 Å². The fourth-order valence-corrected chi connectivity index (χ4v) is 5.19. The van der Waals surface area contributed by atoms with Crippen molar-refractivity contribution < 1.29 is 23.4 Å². The standard InChI is InChI=1S/C21H28N3O7P/c1-14(2)30-19(26)12-22-32(28,17-7-5-4-6-8-17)29-13-16-11-15(3)20(31-16)24-10-9-18(25)23-21(24)27/h4-10,14-16,20H,11-13H2,1-3H3,(H,22,28)(H,23,25,27)/t15?,16?,20?,32-/m1/s1. The number of rotatable bonds is 9. The van der Waals surface area contributed by atoms with Gasteiger partial charge in [0.1, 0.15) is 12.8 Å². The smallest absolute Gasteiger partial charge is 0.330 e. The van der Waals surface area contributed by atoms with Crippen LogP contribution in [-0.2, 0) is 23.4 Å². The topological polar surface area (TPSA) is 129 Å². The van der Waals surface area contributed by atoms with E-state index in [4.69, 9.17) is 14.0 Å². The molecule has 4 atom stereocenters. The second-order valence-corrected chi connectivity index (χ2v) is 10.1. The maximum atomic E-state index is 13.6. The van der Waals surface area contributed by atoms with Gasteiger partial charge in [-0.25, -0.2) is 9.88 Å². The van der Waals surface area contributed by atoms with Crippen molar-refractivity contribution in [2.75, 3.05) is 13.2 Å². The first-order valence-electron chi connectivity index (χ1n) is 10.4. The van der Waals surface area contributed by atoms with Crippen LogP contribution >= 0.6 is 7.52 Å². The minimum atomic E-state index is -3.60. The number of ether oxygens (including phenoxy) is 2. The number of carbonyl (C=O) groups excluding carboxylic acids is 1. The third kappa shape index (κ3) is 6.04. The number of hydrogen-bond acceptors (Lipinski definition) is 7. The molecule has 10 nitrogen and oxygen atoms in total. The number of carbonyl (C=O) groups is 1. The van der Waals surface area contributed by atoms with Gasteiger partial charge in [-0.15, -0.1) is 0 Å². The monoisotopic (exact) mass is 465 g/mol. The highest BCUT2D eigenvalue weighted by Gasteiger charge is 2.36. The van der Waals surface area contributed by atoms with Gasteiger partial charge in [-0.3, -0.25) is 23.7 Å². The van der Waals surface area contributed by atoms with E-state index in [1.54, 1.807) is 44.2 Å². The van der Waals surface area contributed by atoms with Crippen LogP contribution in [-0.4, -0.2) is 40.9 Å². The van der Waals surface area contributed by atoms with Crippen LogP contribution < -0.4 is 21.6 Å². The molecule has 0 bridgehead atoms. The number of esters is 1. The van der Waals surface area contributed by atoms with Crippen LogP contribution in [0.15, 0.2) is 52.2 Å². The molecular formula is C21H28N3O7P. The quantitative estimate of drug-likeness (QED) is 0.422. The molecule has 1 aromatic heterocycles. The highest BCUT2D eigenvalue weighted by molar-refractivity contribution is 7.65. The zero-order valence-electron chi connectivity index (χ0n) is 18.2. The Morgan fingerprint density at radius 3 is 2.66 bits per heavy atom. The van der Waals surface area contributed by atoms with Crippen molar-refractivity contribution in [1.82, 2.24) is 14.6 Å². The summed E-state index contributed by atoms with van der Waals surface area (Å²) in [7, 11) is -3.60. The number of benzene rings is 1. The van der Waals surface area contributed by atoms with E-state index in [-0.39, 0.29) is 25.2 Å². The largest absolute Gasteiger partial charge is 0.462 e. The van der Waals surface area contributed by atoms with Crippen LogP contribution in [0.25, 0.3) is 0 Å². The van der Waals surface area contributed by atoms with Crippen LogP contribution in [0.2, 0.25) is 0 Å². The summed E-state index contributed by atoms with van der Waals surface area (Å²) < 4.78 is 31.8. The van der Waals surface area contributed by atoms with E-state index < -0.39 is 37.1 Å². The second kappa shape index (κ2) is 10.4. The molecule has 32 heavy (non-hydrogen) atoms. The molecule has 2 aromatic rings. The Labute approximate surface area is 185 Å². The number of nitrogens with zero attached hydrogens (tertiary/aromatic N) is 1. The lowest BCUT2D eigenvalue weighted by Gasteiger charge is -2.22. The van der Waals surface area contributed by atoms with Gasteiger partial charge in [0.25, 0.3) is 13.1 Å². The molecule has 2 heterocycles. The van der Waals surface area contributed by atoms with Crippen molar-refractivity contribution in [2.24, 2.45) is 5.92 Å². The van der Waals surface area contributed by atoms with Crippen LogP contribution in [0.1, 0.15) is 33.4 Å². The summed E-state index contributed by atoms with van der Waals surface area (Å²) >= 11 is 0.